The van der Waals surface area contributed by atoms with Gasteiger partial charge in [0.15, 0.2) is 0 Å². The molecule has 0 heterocycles. The van der Waals surface area contributed by atoms with Crippen LogP contribution in [0.25, 0.3) is 0 Å². The second kappa shape index (κ2) is 19.2. The molecule has 0 aliphatic heterocycles. The summed E-state index contributed by atoms with van der Waals surface area (Å²) in [6, 6.07) is 0. The van der Waals surface area contributed by atoms with Crippen molar-refractivity contribution in [2.24, 2.45) is 0 Å². The van der Waals surface area contributed by atoms with Gasteiger partial charge >= 0.3 is 0 Å². The summed E-state index contributed by atoms with van der Waals surface area (Å²) in [5, 5.41) is 0. The zero-order chi connectivity index (χ0) is 2.00. The van der Waals surface area contributed by atoms with Crippen molar-refractivity contribution in [2.45, 2.75) is 6.82 Å². The second-order valence-electron chi connectivity index (χ2n) is 0. The third-order valence-corrected chi connectivity index (χ3v) is 0. The van der Waals surface area contributed by atoms with E-state index in [1.807, 2.05) is 0 Å². The Bertz CT molecular complexity index is 8.00. The van der Waals surface area contributed by atoms with Crippen molar-refractivity contribution in [3.63, 3.8) is 0 Å². The van der Waals surface area contributed by atoms with Gasteiger partial charge in [-0.15, -0.1) is 0 Å². The van der Waals surface area contributed by atoms with Crippen LogP contribution >= 0.6 is 0 Å². The predicted octanol–water partition coefficient (Wildman–Crippen LogP) is 0.200. The minimum absolute atomic E-state index is 0. The van der Waals surface area contributed by atoms with Gasteiger partial charge < -0.3 is 0 Å². The molecule has 0 saturated carbocycles. The SMILES string of the molecule is [B]C.[Ce].[Ti]. The minimum Gasteiger partial charge on any atom is -0.0999 e. The largest absolute Gasteiger partial charge is 0.0999 e. The Morgan fingerprint density at radius 1 is 1.25 bits per heavy atom. The van der Waals surface area contributed by atoms with Gasteiger partial charge in [0.1, 0.15) is 0 Å². The third kappa shape index (κ3) is 8.91. The molecular formula is CH3BCeTi. The van der Waals surface area contributed by atoms with Gasteiger partial charge in [0.05, 0.1) is 7.85 Å². The van der Waals surface area contributed by atoms with Crippen molar-refractivity contribution in [1.29, 1.82) is 0 Å². The van der Waals surface area contributed by atoms with Gasteiger partial charge in [-0.2, -0.15) is 0 Å². The van der Waals surface area contributed by atoms with E-state index in [1.165, 1.54) is 6.82 Å². The van der Waals surface area contributed by atoms with Gasteiger partial charge in [0, 0.05) is 63.5 Å². The van der Waals surface area contributed by atoms with Gasteiger partial charge in [0.25, 0.3) is 0 Å². The standard InChI is InChI=1S/CH3B.Ce.Ti/c1-2;;/h1H3;;. The molecule has 0 nitrogen and oxygen atoms in total. The molecule has 0 aliphatic carbocycles. The maximum atomic E-state index is 4.50. The molecule has 0 fully saturated rings. The van der Waals surface area contributed by atoms with E-state index in [2.05, 4.69) is 7.85 Å². The van der Waals surface area contributed by atoms with Gasteiger partial charge in [-0.3, -0.25) is 0 Å². The zero-order valence-corrected chi connectivity index (χ0v) is 7.28. The molecule has 0 atom stereocenters. The van der Waals surface area contributed by atoms with Crippen LogP contribution in [0.1, 0.15) is 0 Å². The summed E-state index contributed by atoms with van der Waals surface area (Å²) in [5.41, 5.74) is 0. The first-order valence-corrected chi connectivity index (χ1v) is 0.577. The molecule has 0 rings (SSSR count). The van der Waals surface area contributed by atoms with Crippen LogP contribution in [0.5, 0.6) is 0 Å². The van der Waals surface area contributed by atoms with Gasteiger partial charge in [0.2, 0.25) is 0 Å². The molecule has 0 aliphatic rings. The van der Waals surface area contributed by atoms with Crippen LogP contribution in [-0.2, 0) is 21.7 Å². The van der Waals surface area contributed by atoms with E-state index >= 15 is 0 Å². The molecule has 0 saturated heterocycles. The van der Waals surface area contributed by atoms with Crippen LogP contribution in [0, 0.1) is 41.7 Å². The molecule has 0 aromatic rings. The zero-order valence-electron chi connectivity index (χ0n) is 2.58. The van der Waals surface area contributed by atoms with Crippen molar-refractivity contribution in [2.75, 3.05) is 0 Å². The van der Waals surface area contributed by atoms with E-state index in [0.29, 0.717) is 0 Å². The average Bonchev–Trinajstić information content (AvgIpc) is 1.00. The van der Waals surface area contributed by atoms with Gasteiger partial charge in [-0.25, -0.2) is 0 Å². The molecule has 2 radical (unpaired) electrons. The Balaban J connectivity index is -0.00000000500. The fourth-order valence-corrected chi connectivity index (χ4v) is 0. The molecule has 0 bridgehead atoms. The van der Waals surface area contributed by atoms with E-state index < -0.39 is 0 Å². The van der Waals surface area contributed by atoms with Crippen molar-refractivity contribution >= 4 is 7.85 Å². The van der Waals surface area contributed by atoms with Crippen molar-refractivity contribution in [1.82, 2.24) is 0 Å². The monoisotopic (exact) mass is 214 g/mol. The molecule has 0 unspecified atom stereocenters. The van der Waals surface area contributed by atoms with Gasteiger partial charge in [-0.05, 0) is 0 Å². The number of hydrogen-bond acceptors (Lipinski definition) is 0. The summed E-state index contributed by atoms with van der Waals surface area (Å²) in [4.78, 5) is 0. The molecule has 0 aromatic heterocycles. The maximum Gasteiger partial charge on any atom is 0.0606 e. The first-order valence-electron chi connectivity index (χ1n) is 0.577. The molecular weight excluding hydrogens is 211 g/mol. The van der Waals surface area contributed by atoms with E-state index in [9.17, 15) is 0 Å². The summed E-state index contributed by atoms with van der Waals surface area (Å²) in [5.74, 6) is 0. The molecule has 0 spiro atoms. The second-order valence-corrected chi connectivity index (χ2v) is 0. The first kappa shape index (κ1) is 16.4. The van der Waals surface area contributed by atoms with Crippen LogP contribution < -0.4 is 0 Å². The van der Waals surface area contributed by atoms with E-state index in [0.717, 1.165) is 0 Å². The maximum absolute atomic E-state index is 4.50. The van der Waals surface area contributed by atoms with Crippen LogP contribution in [0.2, 0.25) is 6.82 Å². The van der Waals surface area contributed by atoms with Crippen LogP contribution in [0.3, 0.4) is 0 Å². The fourth-order valence-electron chi connectivity index (χ4n) is 0. The summed E-state index contributed by atoms with van der Waals surface area (Å²) in [7, 11) is 4.50. The smallest absolute Gasteiger partial charge is 0.0606 e. The topological polar surface area (TPSA) is 0 Å². The molecule has 4 heavy (non-hydrogen) atoms. The van der Waals surface area contributed by atoms with Crippen molar-refractivity contribution < 1.29 is 63.5 Å². The minimum atomic E-state index is 0. The van der Waals surface area contributed by atoms with E-state index in [1.54, 1.807) is 0 Å². The molecule has 0 N–H and O–H groups in total. The summed E-state index contributed by atoms with van der Waals surface area (Å²) in [6.45, 7) is 1.50. The van der Waals surface area contributed by atoms with E-state index in [-0.39, 0.29) is 63.5 Å². The summed E-state index contributed by atoms with van der Waals surface area (Å²) >= 11 is 0. The molecule has 18 valence electrons. The number of rotatable bonds is 0. The van der Waals surface area contributed by atoms with Crippen LogP contribution in [-0.4, -0.2) is 7.85 Å². The average molecular weight is 214 g/mol. The van der Waals surface area contributed by atoms with Crippen molar-refractivity contribution in [3.8, 4) is 0 Å². The molecule has 3 heteroatoms. The Kier molecular flexibility index (Phi) is 78.7. The molecule has 0 amide bonds. The van der Waals surface area contributed by atoms with Crippen LogP contribution in [0.4, 0.5) is 0 Å². The van der Waals surface area contributed by atoms with E-state index in [4.69, 9.17) is 0 Å². The number of hydrogen-bond donors (Lipinski definition) is 0. The molecule has 0 aromatic carbocycles. The van der Waals surface area contributed by atoms with Crippen LogP contribution in [0.15, 0.2) is 0 Å². The Labute approximate surface area is 76.8 Å². The fraction of sp³-hybridized carbons (Fsp3) is 1.00. The third-order valence-electron chi connectivity index (χ3n) is 0. The Morgan fingerprint density at radius 2 is 1.25 bits per heavy atom. The van der Waals surface area contributed by atoms with Gasteiger partial charge in [-0.1, -0.05) is 6.82 Å². The Morgan fingerprint density at radius 3 is 1.25 bits per heavy atom. The quantitative estimate of drug-likeness (QED) is 0.505. The summed E-state index contributed by atoms with van der Waals surface area (Å²) in [6.07, 6.45) is 0. The van der Waals surface area contributed by atoms with Crippen molar-refractivity contribution in [3.05, 3.63) is 0 Å². The normalized spacial score (nSPS) is 1.25. The first-order chi connectivity index (χ1) is 1.00. The summed E-state index contributed by atoms with van der Waals surface area (Å²) < 4.78 is 0. The Hall–Kier alpha value is 2.16. The predicted molar refractivity (Wildman–Crippen MR) is 11.6 cm³/mol.